The fourth-order valence-electron chi connectivity index (χ4n) is 3.00. The molecule has 0 spiro atoms. The molecule has 2 N–H and O–H groups in total. The van der Waals surface area contributed by atoms with Crippen LogP contribution in [0.5, 0.6) is 5.75 Å². The molecule has 0 aromatic heterocycles. The lowest BCUT2D eigenvalue weighted by Crippen LogP contribution is -2.45. The lowest BCUT2D eigenvalue weighted by atomic mass is 10.0. The quantitative estimate of drug-likeness (QED) is 0.858. The van der Waals surface area contributed by atoms with Gasteiger partial charge in [0.05, 0.1) is 12.2 Å². The van der Waals surface area contributed by atoms with Gasteiger partial charge in [0.1, 0.15) is 5.75 Å². The molecule has 3 rings (SSSR count). The number of amides is 1. The topological polar surface area (TPSA) is 55.6 Å². The van der Waals surface area contributed by atoms with E-state index in [9.17, 15) is 4.79 Å². The van der Waals surface area contributed by atoms with Gasteiger partial charge in [0.25, 0.3) is 5.91 Å². The second-order valence-corrected chi connectivity index (χ2v) is 6.74. The van der Waals surface area contributed by atoms with Crippen molar-refractivity contribution in [1.29, 1.82) is 0 Å². The van der Waals surface area contributed by atoms with Gasteiger partial charge < -0.3 is 15.4 Å². The van der Waals surface area contributed by atoms with Gasteiger partial charge in [-0.05, 0) is 48.2 Å². The first kappa shape index (κ1) is 17.8. The summed E-state index contributed by atoms with van der Waals surface area (Å²) in [5.74, 6) is 0.708. The summed E-state index contributed by atoms with van der Waals surface area (Å²) in [6.45, 7) is 4.48. The largest absolute Gasteiger partial charge is 0.478 e. The highest BCUT2D eigenvalue weighted by atomic mass is 35.5. The van der Waals surface area contributed by atoms with E-state index < -0.39 is 6.10 Å². The standard InChI is InChI=1S/C20H23ClN2O2/c1-3-16(22)14-7-10-19-17(11-14)23(20(24)18(4-2)25-19)12-13-5-8-15(21)9-6-13/h5-11,16,18H,3-4,12,22H2,1-2H3. The maximum atomic E-state index is 12.9. The summed E-state index contributed by atoms with van der Waals surface area (Å²) in [4.78, 5) is 14.7. The number of fused-ring (bicyclic) bond motifs is 1. The normalized spacial score (nSPS) is 17.8. The monoisotopic (exact) mass is 358 g/mol. The Bertz CT molecular complexity index is 761. The highest BCUT2D eigenvalue weighted by molar-refractivity contribution is 6.30. The molecule has 5 heteroatoms. The number of anilines is 1. The van der Waals surface area contributed by atoms with E-state index in [1.54, 1.807) is 4.90 Å². The summed E-state index contributed by atoms with van der Waals surface area (Å²) in [6.07, 6.45) is 1.01. The van der Waals surface area contributed by atoms with Crippen LogP contribution in [-0.2, 0) is 11.3 Å². The van der Waals surface area contributed by atoms with Crippen molar-refractivity contribution < 1.29 is 9.53 Å². The van der Waals surface area contributed by atoms with Gasteiger partial charge in [-0.2, -0.15) is 0 Å². The second kappa shape index (κ2) is 7.46. The molecule has 1 aliphatic rings. The van der Waals surface area contributed by atoms with E-state index in [2.05, 4.69) is 0 Å². The smallest absolute Gasteiger partial charge is 0.268 e. The van der Waals surface area contributed by atoms with Crippen molar-refractivity contribution in [2.75, 3.05) is 4.90 Å². The first-order valence-electron chi connectivity index (χ1n) is 8.65. The molecule has 2 aromatic rings. The Labute approximate surface area is 153 Å². The Kier molecular flexibility index (Phi) is 5.30. The number of carbonyl (C=O) groups excluding carboxylic acids is 1. The number of hydrogen-bond donors (Lipinski definition) is 1. The number of benzene rings is 2. The first-order valence-corrected chi connectivity index (χ1v) is 9.03. The van der Waals surface area contributed by atoms with Crippen molar-refractivity contribution in [3.05, 3.63) is 58.6 Å². The number of rotatable bonds is 5. The number of ether oxygens (including phenoxy) is 1. The summed E-state index contributed by atoms with van der Waals surface area (Å²) >= 11 is 5.97. The second-order valence-electron chi connectivity index (χ2n) is 6.31. The predicted molar refractivity (Wildman–Crippen MR) is 101 cm³/mol. The molecular formula is C20H23ClN2O2. The predicted octanol–water partition coefficient (Wildman–Crippen LogP) is 4.45. The maximum absolute atomic E-state index is 12.9. The van der Waals surface area contributed by atoms with Crippen LogP contribution >= 0.6 is 11.6 Å². The molecule has 2 aromatic carbocycles. The van der Waals surface area contributed by atoms with Crippen molar-refractivity contribution >= 4 is 23.2 Å². The molecule has 0 aliphatic carbocycles. The molecule has 1 aliphatic heterocycles. The van der Waals surface area contributed by atoms with E-state index in [0.29, 0.717) is 18.0 Å². The highest BCUT2D eigenvalue weighted by Gasteiger charge is 2.33. The third-order valence-corrected chi connectivity index (χ3v) is 4.83. The van der Waals surface area contributed by atoms with Gasteiger partial charge in [0.15, 0.2) is 6.10 Å². The molecule has 0 fully saturated rings. The Morgan fingerprint density at radius 2 is 1.92 bits per heavy atom. The number of nitrogens with two attached hydrogens (primary N) is 1. The van der Waals surface area contributed by atoms with Crippen molar-refractivity contribution in [2.24, 2.45) is 5.73 Å². The van der Waals surface area contributed by atoms with Crippen LogP contribution in [0.15, 0.2) is 42.5 Å². The fourth-order valence-corrected chi connectivity index (χ4v) is 3.13. The molecule has 2 unspecified atom stereocenters. The van der Waals surface area contributed by atoms with Gasteiger partial charge >= 0.3 is 0 Å². The highest BCUT2D eigenvalue weighted by Crippen LogP contribution is 2.37. The molecule has 132 valence electrons. The van der Waals surface area contributed by atoms with Crippen LogP contribution in [0.25, 0.3) is 0 Å². The average molecular weight is 359 g/mol. The summed E-state index contributed by atoms with van der Waals surface area (Å²) < 4.78 is 5.90. The van der Waals surface area contributed by atoms with E-state index in [0.717, 1.165) is 29.0 Å². The lowest BCUT2D eigenvalue weighted by molar-refractivity contribution is -0.126. The minimum Gasteiger partial charge on any atom is -0.478 e. The Hall–Kier alpha value is -2.04. The molecule has 25 heavy (non-hydrogen) atoms. The van der Waals surface area contributed by atoms with Gasteiger partial charge in [0.2, 0.25) is 0 Å². The number of halogens is 1. The molecule has 1 amide bonds. The van der Waals surface area contributed by atoms with Crippen LogP contribution in [0.4, 0.5) is 5.69 Å². The van der Waals surface area contributed by atoms with Crippen LogP contribution in [0.2, 0.25) is 5.02 Å². The van der Waals surface area contributed by atoms with Crippen LogP contribution in [-0.4, -0.2) is 12.0 Å². The third-order valence-electron chi connectivity index (χ3n) is 4.58. The fraction of sp³-hybridized carbons (Fsp3) is 0.350. The van der Waals surface area contributed by atoms with Crippen LogP contribution in [0.3, 0.4) is 0 Å². The van der Waals surface area contributed by atoms with E-state index in [1.807, 2.05) is 56.3 Å². The molecule has 4 nitrogen and oxygen atoms in total. The van der Waals surface area contributed by atoms with Gasteiger partial charge in [-0.25, -0.2) is 0 Å². The summed E-state index contributed by atoms with van der Waals surface area (Å²) in [5, 5.41) is 0.681. The average Bonchev–Trinajstić information content (AvgIpc) is 2.64. The minimum absolute atomic E-state index is 0.0211. The molecule has 1 heterocycles. The maximum Gasteiger partial charge on any atom is 0.268 e. The number of carbonyl (C=O) groups is 1. The SMILES string of the molecule is CCC1Oc2ccc(C(N)CC)cc2N(Cc2ccc(Cl)cc2)C1=O. The van der Waals surface area contributed by atoms with E-state index in [4.69, 9.17) is 22.1 Å². The van der Waals surface area contributed by atoms with Crippen molar-refractivity contribution in [1.82, 2.24) is 0 Å². The summed E-state index contributed by atoms with van der Waals surface area (Å²) in [6, 6.07) is 13.4. The van der Waals surface area contributed by atoms with Crippen molar-refractivity contribution in [3.8, 4) is 5.75 Å². The Morgan fingerprint density at radius 1 is 1.20 bits per heavy atom. The molecule has 2 atom stereocenters. The zero-order valence-electron chi connectivity index (χ0n) is 14.5. The molecule has 0 bridgehead atoms. The molecule has 0 saturated heterocycles. The van der Waals surface area contributed by atoms with Gasteiger partial charge in [-0.15, -0.1) is 0 Å². The van der Waals surface area contributed by atoms with E-state index in [1.165, 1.54) is 0 Å². The summed E-state index contributed by atoms with van der Waals surface area (Å²) in [7, 11) is 0. The van der Waals surface area contributed by atoms with Crippen LogP contribution in [0, 0.1) is 0 Å². The zero-order chi connectivity index (χ0) is 18.0. The lowest BCUT2D eigenvalue weighted by Gasteiger charge is -2.34. The van der Waals surface area contributed by atoms with Gasteiger partial charge in [-0.1, -0.05) is 43.6 Å². The molecular weight excluding hydrogens is 336 g/mol. The van der Waals surface area contributed by atoms with E-state index >= 15 is 0 Å². The molecule has 0 radical (unpaired) electrons. The van der Waals surface area contributed by atoms with Crippen LogP contribution < -0.4 is 15.4 Å². The minimum atomic E-state index is -0.453. The zero-order valence-corrected chi connectivity index (χ0v) is 15.3. The molecule has 0 saturated carbocycles. The first-order chi connectivity index (χ1) is 12.0. The number of nitrogens with zero attached hydrogens (tertiary/aromatic N) is 1. The van der Waals surface area contributed by atoms with Gasteiger partial charge in [0, 0.05) is 11.1 Å². The van der Waals surface area contributed by atoms with E-state index in [-0.39, 0.29) is 11.9 Å². The Morgan fingerprint density at radius 3 is 2.56 bits per heavy atom. The third kappa shape index (κ3) is 3.65. The van der Waals surface area contributed by atoms with Crippen LogP contribution in [0.1, 0.15) is 43.9 Å². The Balaban J connectivity index is 1.99. The van der Waals surface area contributed by atoms with Crippen molar-refractivity contribution in [3.63, 3.8) is 0 Å². The number of hydrogen-bond acceptors (Lipinski definition) is 3. The van der Waals surface area contributed by atoms with Gasteiger partial charge in [-0.3, -0.25) is 4.79 Å². The summed E-state index contributed by atoms with van der Waals surface area (Å²) in [5.41, 5.74) is 8.98. The van der Waals surface area contributed by atoms with Crippen molar-refractivity contribution in [2.45, 2.75) is 45.4 Å².